The highest BCUT2D eigenvalue weighted by Crippen LogP contribution is 2.29. The second-order valence-electron chi connectivity index (χ2n) is 8.25. The zero-order valence-electron chi connectivity index (χ0n) is 17.5. The smallest absolute Gasteiger partial charge is 0.232 e. The van der Waals surface area contributed by atoms with Crippen LogP contribution >= 0.6 is 0 Å². The Labute approximate surface area is 180 Å². The number of nitrogens with two attached hydrogens (primary N) is 2. The third-order valence-electron chi connectivity index (χ3n) is 6.08. The maximum atomic E-state index is 14.6. The third kappa shape index (κ3) is 3.88. The summed E-state index contributed by atoms with van der Waals surface area (Å²) in [6, 6.07) is 5.62. The molecular weight excluding hydrogens is 395 g/mol. The van der Waals surface area contributed by atoms with Crippen LogP contribution in [0.4, 0.5) is 15.9 Å². The van der Waals surface area contributed by atoms with Crippen LogP contribution in [0.15, 0.2) is 36.9 Å². The number of hydrogen-bond donors (Lipinski definition) is 2. The Bertz CT molecular complexity index is 1130. The molecule has 9 heteroatoms. The highest BCUT2D eigenvalue weighted by atomic mass is 19.1. The summed E-state index contributed by atoms with van der Waals surface area (Å²) in [6.45, 7) is 3.94. The van der Waals surface area contributed by atoms with Gasteiger partial charge in [-0.25, -0.2) is 14.4 Å². The zero-order chi connectivity index (χ0) is 21.5. The van der Waals surface area contributed by atoms with E-state index in [9.17, 15) is 4.39 Å². The van der Waals surface area contributed by atoms with Crippen LogP contribution in [-0.4, -0.2) is 62.6 Å². The molecule has 2 aliphatic rings. The van der Waals surface area contributed by atoms with Gasteiger partial charge in [-0.05, 0) is 25.0 Å². The molecule has 2 aromatic heterocycles. The molecule has 0 amide bonds. The van der Waals surface area contributed by atoms with Gasteiger partial charge in [0.1, 0.15) is 23.7 Å². The van der Waals surface area contributed by atoms with Crippen molar-refractivity contribution in [1.29, 1.82) is 0 Å². The van der Waals surface area contributed by atoms with Crippen LogP contribution in [0.3, 0.4) is 0 Å². The number of aryl methyl sites for hydroxylation is 1. The van der Waals surface area contributed by atoms with Crippen molar-refractivity contribution in [2.45, 2.75) is 18.9 Å². The number of benzene rings is 1. The van der Waals surface area contributed by atoms with E-state index >= 15 is 0 Å². The monoisotopic (exact) mass is 421 g/mol. The fraction of sp³-hybridized carbons (Fsp3) is 0.364. The van der Waals surface area contributed by atoms with Crippen LogP contribution < -0.4 is 16.0 Å². The predicted molar refractivity (Wildman–Crippen MR) is 117 cm³/mol. The van der Waals surface area contributed by atoms with Crippen LogP contribution in [0.25, 0.3) is 11.1 Å². The molecule has 5 rings (SSSR count). The summed E-state index contributed by atoms with van der Waals surface area (Å²) in [7, 11) is 1.78. The van der Waals surface area contributed by atoms with Crippen molar-refractivity contribution in [3.63, 3.8) is 0 Å². The first-order valence-corrected chi connectivity index (χ1v) is 10.5. The third-order valence-corrected chi connectivity index (χ3v) is 6.08. The molecule has 3 heterocycles. The number of nitrogens with zero attached hydrogens (tertiary/aromatic N) is 6. The van der Waals surface area contributed by atoms with Crippen LogP contribution in [0, 0.1) is 5.82 Å². The van der Waals surface area contributed by atoms with Gasteiger partial charge in [0, 0.05) is 68.3 Å². The van der Waals surface area contributed by atoms with E-state index in [1.165, 1.54) is 25.2 Å². The quantitative estimate of drug-likeness (QED) is 0.459. The van der Waals surface area contributed by atoms with E-state index in [0.29, 0.717) is 28.1 Å². The Hall–Kier alpha value is -3.33. The molecule has 0 atom stereocenters. The van der Waals surface area contributed by atoms with Crippen molar-refractivity contribution in [2.24, 2.45) is 7.05 Å². The summed E-state index contributed by atoms with van der Waals surface area (Å²) < 4.78 is 16.2. The molecule has 8 nitrogen and oxygen atoms in total. The second-order valence-corrected chi connectivity index (χ2v) is 8.25. The number of aromatic nitrogens is 4. The fourth-order valence-electron chi connectivity index (χ4n) is 4.16. The molecule has 0 spiro atoms. The lowest BCUT2D eigenvalue weighted by molar-refractivity contribution is -0.111. The molecule has 3 aromatic rings. The molecule has 31 heavy (non-hydrogen) atoms. The largest absolute Gasteiger partial charge is 0.398 e. The van der Waals surface area contributed by atoms with Crippen LogP contribution in [-0.2, 0) is 7.05 Å². The number of nitrogen functional groups attached to an aromatic ring is 1. The van der Waals surface area contributed by atoms with Crippen molar-refractivity contribution >= 4 is 17.2 Å². The molecular formula is C22H26FN8+. The van der Waals surface area contributed by atoms with Crippen molar-refractivity contribution in [2.75, 3.05) is 36.8 Å². The molecule has 1 saturated heterocycles. The standard InChI is InChI=1S/C22H25FN8/c1-29-12-14(11-28-29)16-8-17(19(24)9-18(16)23)22(25)20-10-21(27-13-26-20)31-6-4-30(5-7-31)15-2-3-15/h8-13,15,25H,2-7,24H2,1H3/p+1. The van der Waals surface area contributed by atoms with Gasteiger partial charge in [0.15, 0.2) is 0 Å². The Balaban J connectivity index is 1.41. The molecule has 160 valence electrons. The first-order valence-electron chi connectivity index (χ1n) is 10.5. The minimum Gasteiger partial charge on any atom is -0.398 e. The van der Waals surface area contributed by atoms with E-state index < -0.39 is 5.82 Å². The average molecular weight is 422 g/mol. The molecule has 0 unspecified atom stereocenters. The molecule has 4 N–H and O–H groups in total. The van der Waals surface area contributed by atoms with Crippen LogP contribution in [0.1, 0.15) is 24.1 Å². The Morgan fingerprint density at radius 2 is 1.90 bits per heavy atom. The summed E-state index contributed by atoms with van der Waals surface area (Å²) in [5, 5.41) is 10.6. The summed E-state index contributed by atoms with van der Waals surface area (Å²) in [5.41, 5.74) is 8.95. The van der Waals surface area contributed by atoms with Gasteiger partial charge in [0.2, 0.25) is 5.71 Å². The lowest BCUT2D eigenvalue weighted by atomic mass is 9.99. The zero-order valence-corrected chi connectivity index (χ0v) is 17.5. The van der Waals surface area contributed by atoms with Crippen LogP contribution in [0.5, 0.6) is 0 Å². The van der Waals surface area contributed by atoms with E-state index in [4.69, 9.17) is 11.1 Å². The maximum Gasteiger partial charge on any atom is 0.232 e. The number of halogens is 1. The molecule has 2 fully saturated rings. The number of piperazine rings is 1. The van der Waals surface area contributed by atoms with Gasteiger partial charge < -0.3 is 10.6 Å². The highest BCUT2D eigenvalue weighted by molar-refractivity contribution is 6.11. The van der Waals surface area contributed by atoms with E-state index in [1.54, 1.807) is 30.2 Å². The molecule has 1 saturated carbocycles. The van der Waals surface area contributed by atoms with Gasteiger partial charge in [-0.2, -0.15) is 5.10 Å². The van der Waals surface area contributed by atoms with E-state index in [2.05, 4.69) is 24.9 Å². The maximum absolute atomic E-state index is 14.6. The van der Waals surface area contributed by atoms with Crippen LogP contribution in [0.2, 0.25) is 0 Å². The van der Waals surface area contributed by atoms with E-state index in [0.717, 1.165) is 38.0 Å². The van der Waals surface area contributed by atoms with Crippen molar-refractivity contribution in [1.82, 2.24) is 24.6 Å². The molecule has 1 aliphatic heterocycles. The Morgan fingerprint density at radius 1 is 1.13 bits per heavy atom. The highest BCUT2D eigenvalue weighted by Gasteiger charge is 2.31. The molecule has 0 bridgehead atoms. The topological polar surface area (TPSA) is 102 Å². The summed E-state index contributed by atoms with van der Waals surface area (Å²) in [4.78, 5) is 13.6. The van der Waals surface area contributed by atoms with Gasteiger partial charge in [-0.3, -0.25) is 15.0 Å². The van der Waals surface area contributed by atoms with E-state index in [1.807, 2.05) is 6.07 Å². The van der Waals surface area contributed by atoms with Gasteiger partial charge in [-0.1, -0.05) is 0 Å². The minimum absolute atomic E-state index is 0.265. The summed E-state index contributed by atoms with van der Waals surface area (Å²) in [5.74, 6) is 0.426. The normalized spacial score (nSPS) is 17.2. The predicted octanol–water partition coefficient (Wildman–Crippen LogP) is 0.479. The van der Waals surface area contributed by atoms with Gasteiger partial charge in [-0.15, -0.1) is 0 Å². The van der Waals surface area contributed by atoms with Crippen molar-refractivity contribution in [3.05, 3.63) is 54.0 Å². The summed E-state index contributed by atoms with van der Waals surface area (Å²) >= 11 is 0. The van der Waals surface area contributed by atoms with Gasteiger partial charge in [0.25, 0.3) is 0 Å². The fourth-order valence-corrected chi connectivity index (χ4v) is 4.16. The SMILES string of the molecule is Cn1cc(-c2cc(C(=[NH2+])c3cc(N4CCN(C5CC5)CC4)ncn3)c(N)cc2F)cn1. The van der Waals surface area contributed by atoms with Gasteiger partial charge >= 0.3 is 0 Å². The molecule has 1 aromatic carbocycles. The summed E-state index contributed by atoms with van der Waals surface area (Å²) in [6.07, 6.45) is 7.52. The second kappa shape index (κ2) is 7.73. The van der Waals surface area contributed by atoms with Gasteiger partial charge in [0.05, 0.1) is 11.8 Å². The van der Waals surface area contributed by atoms with Crippen molar-refractivity contribution < 1.29 is 9.80 Å². The number of anilines is 2. The van der Waals surface area contributed by atoms with Crippen molar-refractivity contribution in [3.8, 4) is 11.1 Å². The lowest BCUT2D eigenvalue weighted by Crippen LogP contribution is -2.47. The minimum atomic E-state index is -0.418. The number of rotatable bonds is 5. The first kappa shape index (κ1) is 19.6. The molecule has 0 radical (unpaired) electrons. The lowest BCUT2D eigenvalue weighted by Gasteiger charge is -2.35. The first-order chi connectivity index (χ1) is 15.0. The average Bonchev–Trinajstić information content (AvgIpc) is 3.54. The number of hydrogen-bond acceptors (Lipinski definition) is 6. The molecule has 1 aliphatic carbocycles. The Kier molecular flexibility index (Phi) is 4.90. The Morgan fingerprint density at radius 3 is 2.58 bits per heavy atom. The van der Waals surface area contributed by atoms with E-state index in [-0.39, 0.29) is 5.69 Å².